The molecule has 0 amide bonds. The molecule has 118 valence electrons. The standard InChI is InChI=1S/C15H30N2O2S/c1-11(2)14-8-16-13(12-6-7-12)9-17(14)10-15(3,4)20(5,18)19/h11-14,16H,6-10H2,1-5H3. The molecule has 20 heavy (non-hydrogen) atoms. The Balaban J connectivity index is 2.10. The van der Waals surface area contributed by atoms with Crippen LogP contribution in [0.2, 0.25) is 0 Å². The molecule has 2 rings (SSSR count). The van der Waals surface area contributed by atoms with Crippen LogP contribution >= 0.6 is 0 Å². The van der Waals surface area contributed by atoms with Gasteiger partial charge in [-0.3, -0.25) is 4.90 Å². The van der Waals surface area contributed by atoms with Gasteiger partial charge in [-0.2, -0.15) is 0 Å². The van der Waals surface area contributed by atoms with Gasteiger partial charge in [-0.15, -0.1) is 0 Å². The quantitative estimate of drug-likeness (QED) is 0.836. The Labute approximate surface area is 124 Å². The molecule has 5 heteroatoms. The fourth-order valence-corrected chi connectivity index (χ4v) is 3.51. The third-order valence-electron chi connectivity index (χ3n) is 5.04. The van der Waals surface area contributed by atoms with Gasteiger partial charge in [0.05, 0.1) is 4.75 Å². The van der Waals surface area contributed by atoms with Crippen LogP contribution in [0.3, 0.4) is 0 Å². The summed E-state index contributed by atoms with van der Waals surface area (Å²) >= 11 is 0. The van der Waals surface area contributed by atoms with Gasteiger partial charge >= 0.3 is 0 Å². The Morgan fingerprint density at radius 3 is 2.35 bits per heavy atom. The molecule has 1 aliphatic carbocycles. The second kappa shape index (κ2) is 5.58. The molecule has 4 nitrogen and oxygen atoms in total. The number of sulfone groups is 1. The highest BCUT2D eigenvalue weighted by atomic mass is 32.2. The molecule has 1 aliphatic heterocycles. The largest absolute Gasteiger partial charge is 0.311 e. The normalized spacial score (nSPS) is 29.9. The van der Waals surface area contributed by atoms with E-state index in [4.69, 9.17) is 0 Å². The van der Waals surface area contributed by atoms with Crippen molar-refractivity contribution in [1.82, 2.24) is 10.2 Å². The highest BCUT2D eigenvalue weighted by molar-refractivity contribution is 7.92. The minimum atomic E-state index is -3.04. The summed E-state index contributed by atoms with van der Waals surface area (Å²) in [7, 11) is -3.04. The van der Waals surface area contributed by atoms with Crippen LogP contribution < -0.4 is 5.32 Å². The van der Waals surface area contributed by atoms with E-state index in [9.17, 15) is 8.42 Å². The second-order valence-corrected chi connectivity index (χ2v) is 10.3. The molecule has 0 aromatic carbocycles. The Kier molecular flexibility index (Phi) is 4.53. The minimum Gasteiger partial charge on any atom is -0.311 e. The lowest BCUT2D eigenvalue weighted by Gasteiger charge is -2.45. The van der Waals surface area contributed by atoms with Gasteiger partial charge in [0.15, 0.2) is 9.84 Å². The van der Waals surface area contributed by atoms with Crippen molar-refractivity contribution in [3.8, 4) is 0 Å². The van der Waals surface area contributed by atoms with Crippen molar-refractivity contribution < 1.29 is 8.42 Å². The van der Waals surface area contributed by atoms with Gasteiger partial charge in [0.1, 0.15) is 0 Å². The molecule has 1 heterocycles. The predicted octanol–water partition coefficient (Wildman–Crippen LogP) is 1.52. The maximum absolute atomic E-state index is 12.0. The molecular weight excluding hydrogens is 272 g/mol. The van der Waals surface area contributed by atoms with Gasteiger partial charge in [0.25, 0.3) is 0 Å². The van der Waals surface area contributed by atoms with E-state index in [1.54, 1.807) is 0 Å². The van der Waals surface area contributed by atoms with Gasteiger partial charge in [-0.05, 0) is 38.5 Å². The number of hydrogen-bond acceptors (Lipinski definition) is 4. The Morgan fingerprint density at radius 1 is 1.30 bits per heavy atom. The van der Waals surface area contributed by atoms with Crippen LogP contribution in [0.4, 0.5) is 0 Å². The topological polar surface area (TPSA) is 49.4 Å². The highest BCUT2D eigenvalue weighted by Gasteiger charge is 2.41. The molecule has 2 aliphatic rings. The van der Waals surface area contributed by atoms with Crippen molar-refractivity contribution in [3.05, 3.63) is 0 Å². The van der Waals surface area contributed by atoms with Crippen LogP contribution in [0.5, 0.6) is 0 Å². The molecule has 1 saturated carbocycles. The maximum Gasteiger partial charge on any atom is 0.153 e. The zero-order valence-electron chi connectivity index (χ0n) is 13.5. The highest BCUT2D eigenvalue weighted by Crippen LogP contribution is 2.35. The van der Waals surface area contributed by atoms with Crippen LogP contribution in [0, 0.1) is 11.8 Å². The molecule has 0 aromatic heterocycles. The third-order valence-corrected chi connectivity index (χ3v) is 7.17. The summed E-state index contributed by atoms with van der Waals surface area (Å²) in [6, 6.07) is 0.992. The first-order chi connectivity index (χ1) is 9.12. The van der Waals surface area contributed by atoms with E-state index < -0.39 is 14.6 Å². The van der Waals surface area contributed by atoms with Gasteiger partial charge in [0.2, 0.25) is 0 Å². The number of piperazine rings is 1. The van der Waals surface area contributed by atoms with Gasteiger partial charge in [0, 0.05) is 38.0 Å². The summed E-state index contributed by atoms with van der Waals surface area (Å²) < 4.78 is 23.3. The van der Waals surface area contributed by atoms with E-state index in [0.29, 0.717) is 24.5 Å². The molecule has 1 N–H and O–H groups in total. The lowest BCUT2D eigenvalue weighted by Crippen LogP contribution is -2.61. The summed E-state index contributed by atoms with van der Waals surface area (Å²) in [5, 5.41) is 3.68. The lowest BCUT2D eigenvalue weighted by molar-refractivity contribution is 0.0844. The van der Waals surface area contributed by atoms with Crippen LogP contribution in [-0.2, 0) is 9.84 Å². The summed E-state index contributed by atoms with van der Waals surface area (Å²) in [5.41, 5.74) is 0. The molecule has 2 atom stereocenters. The first kappa shape index (κ1) is 16.2. The van der Waals surface area contributed by atoms with Crippen molar-refractivity contribution in [2.24, 2.45) is 11.8 Å². The molecule has 2 unspecified atom stereocenters. The van der Waals surface area contributed by atoms with E-state index in [0.717, 1.165) is 19.0 Å². The molecule has 0 bridgehead atoms. The van der Waals surface area contributed by atoms with Crippen LogP contribution in [-0.4, -0.2) is 56.0 Å². The van der Waals surface area contributed by atoms with E-state index in [1.807, 2.05) is 13.8 Å². The first-order valence-electron chi connectivity index (χ1n) is 7.79. The predicted molar refractivity (Wildman–Crippen MR) is 83.6 cm³/mol. The molecular formula is C15H30N2O2S. The third kappa shape index (κ3) is 3.55. The van der Waals surface area contributed by atoms with Gasteiger partial charge < -0.3 is 5.32 Å². The smallest absolute Gasteiger partial charge is 0.153 e. The number of rotatable bonds is 5. The molecule has 2 fully saturated rings. The molecule has 0 spiro atoms. The Bertz CT molecular complexity index is 441. The average molecular weight is 302 g/mol. The molecule has 0 radical (unpaired) electrons. The van der Waals surface area contributed by atoms with Crippen molar-refractivity contribution in [2.45, 2.75) is 57.4 Å². The van der Waals surface area contributed by atoms with Crippen molar-refractivity contribution in [2.75, 3.05) is 25.9 Å². The van der Waals surface area contributed by atoms with Crippen LogP contribution in [0.15, 0.2) is 0 Å². The monoisotopic (exact) mass is 302 g/mol. The minimum absolute atomic E-state index is 0.436. The zero-order chi connectivity index (χ0) is 15.1. The van der Waals surface area contributed by atoms with E-state index in [-0.39, 0.29) is 0 Å². The van der Waals surface area contributed by atoms with Crippen molar-refractivity contribution >= 4 is 9.84 Å². The van der Waals surface area contributed by atoms with Crippen LogP contribution in [0.1, 0.15) is 40.5 Å². The lowest BCUT2D eigenvalue weighted by atomic mass is 9.95. The summed E-state index contributed by atoms with van der Waals surface area (Å²) in [6.45, 7) is 10.8. The SMILES string of the molecule is CC(C)C1CNC(C2CC2)CN1CC(C)(C)S(C)(=O)=O. The number of nitrogens with zero attached hydrogens (tertiary/aromatic N) is 1. The van der Waals surface area contributed by atoms with Crippen LogP contribution in [0.25, 0.3) is 0 Å². The zero-order valence-corrected chi connectivity index (χ0v) is 14.3. The average Bonchev–Trinajstić information content (AvgIpc) is 3.09. The number of nitrogens with one attached hydrogen (secondary N) is 1. The van der Waals surface area contributed by atoms with Crippen molar-refractivity contribution in [3.63, 3.8) is 0 Å². The Morgan fingerprint density at radius 2 is 1.90 bits per heavy atom. The first-order valence-corrected chi connectivity index (χ1v) is 9.68. The van der Waals surface area contributed by atoms with E-state index >= 15 is 0 Å². The molecule has 1 saturated heterocycles. The number of hydrogen-bond donors (Lipinski definition) is 1. The van der Waals surface area contributed by atoms with Gasteiger partial charge in [-0.1, -0.05) is 13.8 Å². The van der Waals surface area contributed by atoms with E-state index in [1.165, 1.54) is 19.1 Å². The fourth-order valence-electron chi connectivity index (χ4n) is 3.11. The summed E-state index contributed by atoms with van der Waals surface area (Å²) in [6.07, 6.45) is 4.01. The van der Waals surface area contributed by atoms with Gasteiger partial charge in [-0.25, -0.2) is 8.42 Å². The second-order valence-electron chi connectivity index (χ2n) is 7.62. The molecule has 0 aromatic rings. The van der Waals surface area contributed by atoms with Crippen molar-refractivity contribution in [1.29, 1.82) is 0 Å². The maximum atomic E-state index is 12.0. The van der Waals surface area contributed by atoms with E-state index in [2.05, 4.69) is 24.1 Å². The summed E-state index contributed by atoms with van der Waals surface area (Å²) in [4.78, 5) is 2.42. The summed E-state index contributed by atoms with van der Waals surface area (Å²) in [5.74, 6) is 1.35. The fraction of sp³-hybridized carbons (Fsp3) is 1.00. The Hall–Kier alpha value is -0.130.